The molecular weight excluding hydrogens is 218 g/mol. The minimum Gasteiger partial charge on any atom is -0.378 e. The molecule has 0 spiro atoms. The van der Waals surface area contributed by atoms with Gasteiger partial charge in [0, 0.05) is 39.2 Å². The number of hydrogen-bond acceptors (Lipinski definition) is 4. The van der Waals surface area contributed by atoms with Crippen LogP contribution in [-0.4, -0.2) is 55.7 Å². The Labute approximate surface area is 103 Å². The van der Waals surface area contributed by atoms with Gasteiger partial charge < -0.3 is 20.7 Å². The highest BCUT2D eigenvalue weighted by Gasteiger charge is 2.26. The highest BCUT2D eigenvalue weighted by molar-refractivity contribution is 5.76. The molecule has 5 heteroatoms. The molecule has 5 nitrogen and oxygen atoms in total. The van der Waals surface area contributed by atoms with Crippen molar-refractivity contribution in [1.29, 1.82) is 0 Å². The van der Waals surface area contributed by atoms with E-state index in [1.54, 1.807) is 0 Å². The molecule has 2 aliphatic heterocycles. The molecule has 17 heavy (non-hydrogen) atoms. The minimum atomic E-state index is 0.167. The zero-order valence-corrected chi connectivity index (χ0v) is 10.4. The van der Waals surface area contributed by atoms with Gasteiger partial charge in [-0.2, -0.15) is 0 Å². The van der Waals surface area contributed by atoms with Gasteiger partial charge in [0.2, 0.25) is 5.91 Å². The van der Waals surface area contributed by atoms with Crippen LogP contribution in [0.5, 0.6) is 0 Å². The van der Waals surface area contributed by atoms with Crippen molar-refractivity contribution >= 4 is 5.91 Å². The van der Waals surface area contributed by atoms with E-state index in [1.165, 1.54) is 0 Å². The van der Waals surface area contributed by atoms with Gasteiger partial charge in [0.25, 0.3) is 0 Å². The first-order valence-electron chi connectivity index (χ1n) is 6.63. The van der Waals surface area contributed by atoms with Crippen LogP contribution in [0.1, 0.15) is 25.7 Å². The molecule has 0 aliphatic carbocycles. The van der Waals surface area contributed by atoms with Crippen LogP contribution in [0.2, 0.25) is 0 Å². The summed E-state index contributed by atoms with van der Waals surface area (Å²) >= 11 is 0. The fraction of sp³-hybridized carbons (Fsp3) is 0.917. The van der Waals surface area contributed by atoms with Gasteiger partial charge in [-0.3, -0.25) is 4.79 Å². The highest BCUT2D eigenvalue weighted by atomic mass is 16.5. The Kier molecular flexibility index (Phi) is 4.76. The molecule has 0 radical (unpaired) electrons. The quantitative estimate of drug-likeness (QED) is 0.709. The molecule has 0 saturated carbocycles. The van der Waals surface area contributed by atoms with Gasteiger partial charge in [-0.25, -0.2) is 0 Å². The summed E-state index contributed by atoms with van der Waals surface area (Å²) in [5.41, 5.74) is 5.69. The summed E-state index contributed by atoms with van der Waals surface area (Å²) in [7, 11) is 0. The molecule has 2 unspecified atom stereocenters. The van der Waals surface area contributed by atoms with Crippen LogP contribution in [0.25, 0.3) is 0 Å². The van der Waals surface area contributed by atoms with Crippen LogP contribution < -0.4 is 11.1 Å². The molecule has 0 aromatic heterocycles. The van der Waals surface area contributed by atoms with Crippen LogP contribution in [0.15, 0.2) is 0 Å². The summed E-state index contributed by atoms with van der Waals surface area (Å²) in [6, 6.07) is 0.167. The lowest BCUT2D eigenvalue weighted by Crippen LogP contribution is -2.56. The monoisotopic (exact) mass is 241 g/mol. The number of ether oxygens (including phenoxy) is 1. The number of hydrogen-bond donors (Lipinski definition) is 2. The van der Waals surface area contributed by atoms with Crippen molar-refractivity contribution in [2.75, 3.05) is 32.8 Å². The Hall–Kier alpha value is -0.650. The largest absolute Gasteiger partial charge is 0.378 e. The SMILES string of the molecule is NCC1CNCCN1C(=O)CCC1CCCO1. The minimum absolute atomic E-state index is 0.167. The normalized spacial score (nSPS) is 29.6. The van der Waals surface area contributed by atoms with Crippen molar-refractivity contribution in [1.82, 2.24) is 10.2 Å². The second-order valence-electron chi connectivity index (χ2n) is 4.85. The molecule has 1 amide bonds. The predicted octanol–water partition coefficient (Wildman–Crippen LogP) is -0.295. The molecule has 0 aromatic rings. The van der Waals surface area contributed by atoms with E-state index in [9.17, 15) is 4.79 Å². The molecule has 2 heterocycles. The summed E-state index contributed by atoms with van der Waals surface area (Å²) < 4.78 is 5.54. The summed E-state index contributed by atoms with van der Waals surface area (Å²) in [5, 5.41) is 3.27. The van der Waals surface area contributed by atoms with E-state index in [2.05, 4.69) is 5.32 Å². The third-order valence-corrected chi connectivity index (χ3v) is 3.65. The Bertz CT molecular complexity index is 254. The first-order chi connectivity index (χ1) is 8.31. The smallest absolute Gasteiger partial charge is 0.223 e. The van der Waals surface area contributed by atoms with Gasteiger partial charge in [0.05, 0.1) is 12.1 Å². The number of amides is 1. The number of carbonyl (C=O) groups is 1. The van der Waals surface area contributed by atoms with Crippen molar-refractivity contribution in [3.05, 3.63) is 0 Å². The summed E-state index contributed by atoms with van der Waals surface area (Å²) in [4.78, 5) is 14.0. The van der Waals surface area contributed by atoms with E-state index < -0.39 is 0 Å². The van der Waals surface area contributed by atoms with Crippen LogP contribution >= 0.6 is 0 Å². The van der Waals surface area contributed by atoms with Gasteiger partial charge in [0.15, 0.2) is 0 Å². The number of carbonyl (C=O) groups excluding carboxylic acids is 1. The Balaban J connectivity index is 1.76. The van der Waals surface area contributed by atoms with Crippen LogP contribution in [0.3, 0.4) is 0 Å². The van der Waals surface area contributed by atoms with Crippen molar-refractivity contribution < 1.29 is 9.53 Å². The fourth-order valence-corrected chi connectivity index (χ4v) is 2.60. The third kappa shape index (κ3) is 3.40. The topological polar surface area (TPSA) is 67.6 Å². The standard InChI is InChI=1S/C12H23N3O2/c13-8-10-9-14-5-6-15(10)12(16)4-3-11-2-1-7-17-11/h10-11,14H,1-9,13H2. The lowest BCUT2D eigenvalue weighted by Gasteiger charge is -2.35. The maximum atomic E-state index is 12.1. The van der Waals surface area contributed by atoms with Crippen LogP contribution in [0.4, 0.5) is 0 Å². The summed E-state index contributed by atoms with van der Waals surface area (Å²) in [6.45, 7) is 3.88. The average Bonchev–Trinajstić information content (AvgIpc) is 2.89. The number of rotatable bonds is 4. The predicted molar refractivity (Wildman–Crippen MR) is 65.6 cm³/mol. The molecular formula is C12H23N3O2. The molecule has 3 N–H and O–H groups in total. The van der Waals surface area contributed by atoms with Gasteiger partial charge in [-0.05, 0) is 19.3 Å². The van der Waals surface area contributed by atoms with Crippen molar-refractivity contribution in [3.8, 4) is 0 Å². The molecule has 2 rings (SSSR count). The maximum absolute atomic E-state index is 12.1. The van der Waals surface area contributed by atoms with Gasteiger partial charge in [0.1, 0.15) is 0 Å². The lowest BCUT2D eigenvalue weighted by atomic mass is 10.1. The first kappa shape index (κ1) is 12.8. The zero-order chi connectivity index (χ0) is 12.1. The average molecular weight is 241 g/mol. The van der Waals surface area contributed by atoms with E-state index in [1.807, 2.05) is 4.90 Å². The number of piperazine rings is 1. The first-order valence-corrected chi connectivity index (χ1v) is 6.63. The molecule has 2 aliphatic rings. The molecule has 98 valence electrons. The van der Waals surface area contributed by atoms with E-state index in [0.717, 1.165) is 45.5 Å². The van der Waals surface area contributed by atoms with Crippen molar-refractivity contribution in [3.63, 3.8) is 0 Å². The van der Waals surface area contributed by atoms with E-state index in [-0.39, 0.29) is 11.9 Å². The Morgan fingerprint density at radius 1 is 1.53 bits per heavy atom. The van der Waals surface area contributed by atoms with Crippen molar-refractivity contribution in [2.24, 2.45) is 5.73 Å². The third-order valence-electron chi connectivity index (χ3n) is 3.65. The van der Waals surface area contributed by atoms with Crippen LogP contribution in [0, 0.1) is 0 Å². The fourth-order valence-electron chi connectivity index (χ4n) is 2.60. The number of nitrogens with one attached hydrogen (secondary N) is 1. The van der Waals surface area contributed by atoms with E-state index >= 15 is 0 Å². The second kappa shape index (κ2) is 6.33. The van der Waals surface area contributed by atoms with Gasteiger partial charge in [-0.15, -0.1) is 0 Å². The van der Waals surface area contributed by atoms with Gasteiger partial charge in [-0.1, -0.05) is 0 Å². The highest BCUT2D eigenvalue weighted by Crippen LogP contribution is 2.18. The van der Waals surface area contributed by atoms with E-state index in [4.69, 9.17) is 10.5 Å². The number of nitrogens with two attached hydrogens (primary N) is 1. The van der Waals surface area contributed by atoms with Crippen LogP contribution in [-0.2, 0) is 9.53 Å². The second-order valence-corrected chi connectivity index (χ2v) is 4.85. The molecule has 2 atom stereocenters. The molecule has 0 aromatic carbocycles. The zero-order valence-electron chi connectivity index (χ0n) is 10.4. The molecule has 0 bridgehead atoms. The van der Waals surface area contributed by atoms with Gasteiger partial charge >= 0.3 is 0 Å². The Morgan fingerprint density at radius 2 is 2.41 bits per heavy atom. The summed E-state index contributed by atoms with van der Waals surface area (Å²) in [6.07, 6.45) is 4.01. The maximum Gasteiger partial charge on any atom is 0.223 e. The molecule has 2 fully saturated rings. The number of nitrogens with zero attached hydrogens (tertiary/aromatic N) is 1. The Morgan fingerprint density at radius 3 is 3.12 bits per heavy atom. The molecule has 2 saturated heterocycles. The van der Waals surface area contributed by atoms with Crippen molar-refractivity contribution in [2.45, 2.75) is 37.8 Å². The lowest BCUT2D eigenvalue weighted by molar-refractivity contribution is -0.134. The summed E-state index contributed by atoms with van der Waals surface area (Å²) in [5.74, 6) is 0.234. The van der Waals surface area contributed by atoms with E-state index in [0.29, 0.717) is 19.1 Å².